The second kappa shape index (κ2) is 15.9. The van der Waals surface area contributed by atoms with E-state index in [4.69, 9.17) is 15.0 Å². The number of nitrogens with two attached hydrogens (primary N) is 1. The summed E-state index contributed by atoms with van der Waals surface area (Å²) in [5.74, 6) is 0.622. The van der Waals surface area contributed by atoms with Gasteiger partial charge in [0.15, 0.2) is 5.03 Å². The molecule has 11 nitrogen and oxygen atoms in total. The van der Waals surface area contributed by atoms with Gasteiger partial charge in [-0.25, -0.2) is 15.1 Å². The van der Waals surface area contributed by atoms with E-state index in [0.717, 1.165) is 44.9 Å². The maximum Gasteiger partial charge on any atom is 0.481 e. The molecule has 1 amide bonds. The van der Waals surface area contributed by atoms with Crippen molar-refractivity contribution in [2.75, 3.05) is 6.54 Å². The highest BCUT2D eigenvalue weighted by atomic mass is 16.7. The van der Waals surface area contributed by atoms with Gasteiger partial charge in [-0.05, 0) is 74.5 Å². The SMILES string of the molecule is CCCCC(CC)CCC(=O)C[C@@H](CCCN=C(N)N[N+](=O)[O-])C(=O)N[C@@H](CC(C)C)B1O[C@@H]2C[C@H]3C[C@H](C3(C)C)[C@]2(C)O1. The highest BCUT2D eigenvalue weighted by Gasteiger charge is 2.68. The van der Waals surface area contributed by atoms with Crippen molar-refractivity contribution in [3.05, 3.63) is 10.1 Å². The molecule has 250 valence electrons. The molecule has 44 heavy (non-hydrogen) atoms. The maximum absolute atomic E-state index is 13.9. The van der Waals surface area contributed by atoms with Gasteiger partial charge < -0.3 is 20.4 Å². The molecule has 4 aliphatic rings. The van der Waals surface area contributed by atoms with Gasteiger partial charge in [0.1, 0.15) is 5.78 Å². The van der Waals surface area contributed by atoms with Crippen molar-refractivity contribution in [1.82, 2.24) is 10.7 Å². The fourth-order valence-electron chi connectivity index (χ4n) is 7.90. The average molecular weight is 620 g/mol. The molecule has 1 aliphatic heterocycles. The van der Waals surface area contributed by atoms with Gasteiger partial charge in [-0.15, -0.1) is 0 Å². The number of nitro groups is 1. The molecule has 3 saturated carbocycles. The van der Waals surface area contributed by atoms with Crippen LogP contribution < -0.4 is 16.5 Å². The van der Waals surface area contributed by atoms with Crippen molar-refractivity contribution >= 4 is 24.8 Å². The summed E-state index contributed by atoms with van der Waals surface area (Å²) in [6.45, 7) is 15.6. The maximum atomic E-state index is 13.9. The molecule has 4 rings (SSSR count). The van der Waals surface area contributed by atoms with Crippen LogP contribution in [0.15, 0.2) is 4.99 Å². The predicted molar refractivity (Wildman–Crippen MR) is 173 cm³/mol. The summed E-state index contributed by atoms with van der Waals surface area (Å²) in [7, 11) is -0.538. The number of hydrogen-bond donors (Lipinski definition) is 3. The Morgan fingerprint density at radius 1 is 1.14 bits per heavy atom. The Kier molecular flexibility index (Phi) is 13.1. The minimum atomic E-state index is -0.763. The van der Waals surface area contributed by atoms with Crippen molar-refractivity contribution in [1.29, 1.82) is 0 Å². The number of hydrazine groups is 1. The average Bonchev–Trinajstić information content (AvgIpc) is 3.31. The smallest absolute Gasteiger partial charge is 0.404 e. The molecule has 4 fully saturated rings. The largest absolute Gasteiger partial charge is 0.481 e. The van der Waals surface area contributed by atoms with Gasteiger partial charge in [0.05, 0.1) is 17.6 Å². The van der Waals surface area contributed by atoms with Crippen LogP contribution >= 0.6 is 0 Å². The van der Waals surface area contributed by atoms with E-state index in [1.54, 1.807) is 0 Å². The number of amides is 1. The zero-order chi connectivity index (χ0) is 32.7. The standard InChI is InChI=1S/C32H58BN5O6/c1-8-10-12-22(9-2)14-15-25(39)18-23(13-11-16-35-30(34)37-38(41)42)29(40)36-28(17-21(3)4)33-43-27-20-24-19-26(31(24,5)6)32(27,7)44-33/h21-24,26-28H,8-20H2,1-7H3,(H,36,40)(H3,34,35,37)/t22?,23-,24-,26-,27-,28+,32+/m1/s1. The van der Waals surface area contributed by atoms with Gasteiger partial charge in [-0.1, -0.05) is 72.7 Å². The van der Waals surface area contributed by atoms with E-state index >= 15 is 0 Å². The summed E-state index contributed by atoms with van der Waals surface area (Å²) < 4.78 is 13.3. The number of aliphatic imine (C=N–C) groups is 1. The van der Waals surface area contributed by atoms with E-state index in [1.807, 2.05) is 5.43 Å². The number of guanidine groups is 1. The fraction of sp³-hybridized carbons (Fsp3) is 0.906. The molecule has 7 atom stereocenters. The molecule has 0 aromatic heterocycles. The first-order chi connectivity index (χ1) is 20.7. The summed E-state index contributed by atoms with van der Waals surface area (Å²) in [6, 6.07) is 0. The molecule has 1 heterocycles. The van der Waals surface area contributed by atoms with Crippen molar-refractivity contribution in [2.45, 2.75) is 143 Å². The molecule has 2 bridgehead atoms. The second-order valence-corrected chi connectivity index (χ2v) is 14.8. The summed E-state index contributed by atoms with van der Waals surface area (Å²) in [5, 5.41) is 13.1. The summed E-state index contributed by atoms with van der Waals surface area (Å²) >= 11 is 0. The van der Waals surface area contributed by atoms with Crippen LogP contribution in [0.5, 0.6) is 0 Å². The van der Waals surface area contributed by atoms with Crippen molar-refractivity contribution in [3.8, 4) is 0 Å². The fourth-order valence-corrected chi connectivity index (χ4v) is 7.90. The molecule has 1 saturated heterocycles. The quantitative estimate of drug-likeness (QED) is 0.0443. The van der Waals surface area contributed by atoms with Crippen LogP contribution in [0, 0.1) is 45.1 Å². The first-order valence-electron chi connectivity index (χ1n) is 17.1. The number of hydrogen-bond acceptors (Lipinski definition) is 7. The molecule has 4 N–H and O–H groups in total. The van der Waals surface area contributed by atoms with E-state index in [0.29, 0.717) is 49.4 Å². The lowest BCUT2D eigenvalue weighted by atomic mass is 9.43. The highest BCUT2D eigenvalue weighted by molar-refractivity contribution is 6.47. The number of rotatable bonds is 19. The summed E-state index contributed by atoms with van der Waals surface area (Å²) in [5.41, 5.74) is 7.24. The molecule has 0 spiro atoms. The number of ketones is 1. The van der Waals surface area contributed by atoms with Crippen LogP contribution in [0.4, 0.5) is 0 Å². The number of carbonyl (C=O) groups excluding carboxylic acids is 2. The molecule has 3 aliphatic carbocycles. The van der Waals surface area contributed by atoms with Crippen molar-refractivity contribution in [3.63, 3.8) is 0 Å². The second-order valence-electron chi connectivity index (χ2n) is 14.8. The Hall–Kier alpha value is -2.21. The Balaban J connectivity index is 1.68. The third kappa shape index (κ3) is 9.18. The minimum Gasteiger partial charge on any atom is -0.404 e. The van der Waals surface area contributed by atoms with Crippen LogP contribution in [0.1, 0.15) is 126 Å². The molecule has 0 radical (unpaired) electrons. The zero-order valence-electron chi connectivity index (χ0n) is 28.2. The van der Waals surface area contributed by atoms with E-state index in [2.05, 4.69) is 58.8 Å². The third-order valence-electron chi connectivity index (χ3n) is 10.8. The number of carbonyl (C=O) groups is 2. The molecule has 0 aromatic rings. The predicted octanol–water partition coefficient (Wildman–Crippen LogP) is 5.23. The number of Topliss-reactive ketones (excluding diaryl/α,β-unsaturated/α-hetero) is 1. The molecule has 12 heteroatoms. The minimum absolute atomic E-state index is 0.0172. The van der Waals surface area contributed by atoms with Gasteiger partial charge in [0, 0.05) is 25.3 Å². The summed E-state index contributed by atoms with van der Waals surface area (Å²) in [6.07, 6.45) is 9.65. The lowest BCUT2D eigenvalue weighted by Crippen LogP contribution is -2.65. The third-order valence-corrected chi connectivity index (χ3v) is 10.8. The first-order valence-corrected chi connectivity index (χ1v) is 17.1. The zero-order valence-corrected chi connectivity index (χ0v) is 28.2. The van der Waals surface area contributed by atoms with Gasteiger partial charge in [-0.2, -0.15) is 0 Å². The lowest BCUT2D eigenvalue weighted by Gasteiger charge is -2.64. The van der Waals surface area contributed by atoms with E-state index in [1.165, 1.54) is 0 Å². The number of unbranched alkanes of at least 4 members (excludes halogenated alkanes) is 1. The molecular formula is C32H58BN5O6. The molecular weight excluding hydrogens is 561 g/mol. The Morgan fingerprint density at radius 2 is 1.86 bits per heavy atom. The highest BCUT2D eigenvalue weighted by Crippen LogP contribution is 2.65. The Bertz CT molecular complexity index is 1030. The van der Waals surface area contributed by atoms with Gasteiger partial charge in [0.25, 0.3) is 5.96 Å². The normalized spacial score (nSPS) is 27.7. The van der Waals surface area contributed by atoms with Gasteiger partial charge in [-0.3, -0.25) is 9.59 Å². The number of nitrogens with zero attached hydrogens (tertiary/aromatic N) is 2. The molecule has 0 aromatic carbocycles. The van der Waals surface area contributed by atoms with Crippen molar-refractivity contribution in [2.24, 2.45) is 45.7 Å². The van der Waals surface area contributed by atoms with Crippen LogP contribution in [0.25, 0.3) is 0 Å². The Morgan fingerprint density at radius 3 is 2.48 bits per heavy atom. The van der Waals surface area contributed by atoms with E-state index < -0.39 is 18.1 Å². The van der Waals surface area contributed by atoms with E-state index in [9.17, 15) is 19.7 Å². The Labute approximate surface area is 264 Å². The van der Waals surface area contributed by atoms with E-state index in [-0.39, 0.29) is 53.7 Å². The van der Waals surface area contributed by atoms with Crippen LogP contribution in [0.3, 0.4) is 0 Å². The van der Waals surface area contributed by atoms with Gasteiger partial charge in [0.2, 0.25) is 5.91 Å². The van der Waals surface area contributed by atoms with Crippen molar-refractivity contribution < 1.29 is 23.9 Å². The van der Waals surface area contributed by atoms with Crippen LogP contribution in [0.2, 0.25) is 0 Å². The van der Waals surface area contributed by atoms with Gasteiger partial charge >= 0.3 is 7.12 Å². The monoisotopic (exact) mass is 619 g/mol. The number of nitrogens with one attached hydrogen (secondary N) is 2. The van der Waals surface area contributed by atoms with Crippen LogP contribution in [-0.4, -0.2) is 54.0 Å². The topological polar surface area (TPSA) is 158 Å². The van der Waals surface area contributed by atoms with Crippen LogP contribution in [-0.2, 0) is 18.9 Å². The molecule has 1 unspecified atom stereocenters. The lowest BCUT2D eigenvalue weighted by molar-refractivity contribution is -0.525. The summed E-state index contributed by atoms with van der Waals surface area (Å²) in [4.78, 5) is 41.7. The first kappa shape index (κ1) is 36.3.